The summed E-state index contributed by atoms with van der Waals surface area (Å²) in [7, 11) is 1.90. The van der Waals surface area contributed by atoms with Crippen LogP contribution in [0.3, 0.4) is 0 Å². The predicted octanol–water partition coefficient (Wildman–Crippen LogP) is 2.83. The Hall–Kier alpha value is -0.840. The van der Waals surface area contributed by atoms with Crippen LogP contribution in [-0.2, 0) is 6.42 Å². The van der Waals surface area contributed by atoms with Crippen molar-refractivity contribution in [2.45, 2.75) is 32.6 Å². The molecule has 1 saturated heterocycles. The Labute approximate surface area is 111 Å². The molecule has 0 amide bonds. The van der Waals surface area contributed by atoms with Gasteiger partial charge in [-0.2, -0.15) is 4.98 Å². The Balaban J connectivity index is 2.35. The molecule has 1 fully saturated rings. The van der Waals surface area contributed by atoms with E-state index in [9.17, 15) is 0 Å². The van der Waals surface area contributed by atoms with Crippen molar-refractivity contribution >= 4 is 27.7 Å². The fraction of sp³-hybridized carbons (Fsp3) is 0.667. The van der Waals surface area contributed by atoms with Crippen LogP contribution in [0.1, 0.15) is 31.9 Å². The quantitative estimate of drug-likeness (QED) is 0.928. The van der Waals surface area contributed by atoms with Gasteiger partial charge in [0.1, 0.15) is 5.82 Å². The molecule has 1 N–H and O–H groups in total. The van der Waals surface area contributed by atoms with E-state index in [0.717, 1.165) is 47.9 Å². The van der Waals surface area contributed by atoms with Crippen LogP contribution in [0, 0.1) is 0 Å². The Morgan fingerprint density at radius 2 is 2.00 bits per heavy atom. The van der Waals surface area contributed by atoms with Gasteiger partial charge in [0.2, 0.25) is 5.95 Å². The topological polar surface area (TPSA) is 41.1 Å². The van der Waals surface area contributed by atoms with E-state index in [1.54, 1.807) is 0 Å². The van der Waals surface area contributed by atoms with Crippen molar-refractivity contribution in [1.82, 2.24) is 9.97 Å². The lowest BCUT2D eigenvalue weighted by molar-refractivity contribution is 0.833. The lowest BCUT2D eigenvalue weighted by Gasteiger charge is -2.18. The number of anilines is 2. The van der Waals surface area contributed by atoms with E-state index in [1.165, 1.54) is 12.8 Å². The molecule has 0 atom stereocenters. The first-order valence-electron chi connectivity index (χ1n) is 6.25. The fourth-order valence-electron chi connectivity index (χ4n) is 2.11. The minimum atomic E-state index is 0.874. The van der Waals surface area contributed by atoms with E-state index in [1.807, 2.05) is 7.05 Å². The fourth-order valence-corrected chi connectivity index (χ4v) is 2.68. The summed E-state index contributed by atoms with van der Waals surface area (Å²) >= 11 is 3.58. The molecule has 1 aromatic rings. The van der Waals surface area contributed by atoms with Crippen LogP contribution in [0.4, 0.5) is 11.8 Å². The number of hydrogen-bond acceptors (Lipinski definition) is 4. The van der Waals surface area contributed by atoms with Crippen molar-refractivity contribution in [1.29, 1.82) is 0 Å². The molecule has 0 aliphatic carbocycles. The summed E-state index contributed by atoms with van der Waals surface area (Å²) in [6.07, 6.45) is 4.58. The van der Waals surface area contributed by atoms with Crippen LogP contribution >= 0.6 is 15.9 Å². The van der Waals surface area contributed by atoms with Gasteiger partial charge in [0.25, 0.3) is 0 Å². The zero-order valence-corrected chi connectivity index (χ0v) is 12.0. The zero-order chi connectivity index (χ0) is 12.3. The number of hydrogen-bond donors (Lipinski definition) is 1. The number of nitrogens with zero attached hydrogens (tertiary/aromatic N) is 3. The number of nitrogens with one attached hydrogen (secondary N) is 1. The SMILES string of the molecule is CCCc1nc(N2CCCC2)nc(NC)c1Br. The van der Waals surface area contributed by atoms with E-state index in [-0.39, 0.29) is 0 Å². The first-order chi connectivity index (χ1) is 8.26. The molecule has 0 saturated carbocycles. The summed E-state index contributed by atoms with van der Waals surface area (Å²) in [4.78, 5) is 11.5. The average molecular weight is 299 g/mol. The second-order valence-corrected chi connectivity index (χ2v) is 5.12. The van der Waals surface area contributed by atoms with Gasteiger partial charge in [-0.25, -0.2) is 4.98 Å². The molecule has 0 radical (unpaired) electrons. The van der Waals surface area contributed by atoms with E-state index in [4.69, 9.17) is 0 Å². The van der Waals surface area contributed by atoms with Crippen molar-refractivity contribution in [2.24, 2.45) is 0 Å². The highest BCUT2D eigenvalue weighted by molar-refractivity contribution is 9.10. The Morgan fingerprint density at radius 3 is 2.59 bits per heavy atom. The number of rotatable bonds is 4. The Morgan fingerprint density at radius 1 is 1.29 bits per heavy atom. The Bertz CT molecular complexity index is 388. The van der Waals surface area contributed by atoms with E-state index in [0.29, 0.717) is 0 Å². The molecule has 94 valence electrons. The maximum atomic E-state index is 4.68. The number of aromatic nitrogens is 2. The molecule has 17 heavy (non-hydrogen) atoms. The highest BCUT2D eigenvalue weighted by Crippen LogP contribution is 2.28. The summed E-state index contributed by atoms with van der Waals surface area (Å²) in [5.74, 6) is 1.77. The molecule has 1 aliphatic heterocycles. The molecule has 1 aliphatic rings. The van der Waals surface area contributed by atoms with E-state index < -0.39 is 0 Å². The summed E-state index contributed by atoms with van der Waals surface area (Å²) in [6.45, 7) is 4.33. The molecular formula is C12H19BrN4. The normalized spacial score (nSPS) is 15.4. The van der Waals surface area contributed by atoms with Gasteiger partial charge in [-0.1, -0.05) is 13.3 Å². The maximum absolute atomic E-state index is 4.68. The summed E-state index contributed by atoms with van der Waals surface area (Å²) in [5.41, 5.74) is 1.11. The van der Waals surface area contributed by atoms with Gasteiger partial charge in [-0.15, -0.1) is 0 Å². The summed E-state index contributed by atoms with van der Waals surface area (Å²) in [5, 5.41) is 3.13. The molecule has 2 rings (SSSR count). The second-order valence-electron chi connectivity index (χ2n) is 4.33. The lowest BCUT2D eigenvalue weighted by Crippen LogP contribution is -2.21. The van der Waals surface area contributed by atoms with Crippen LogP contribution in [0.2, 0.25) is 0 Å². The minimum Gasteiger partial charge on any atom is -0.372 e. The van der Waals surface area contributed by atoms with Crippen LogP contribution in [0.5, 0.6) is 0 Å². The smallest absolute Gasteiger partial charge is 0.227 e. The van der Waals surface area contributed by atoms with Crippen LogP contribution in [0.25, 0.3) is 0 Å². The van der Waals surface area contributed by atoms with Gasteiger partial charge >= 0.3 is 0 Å². The van der Waals surface area contributed by atoms with Crippen molar-refractivity contribution in [2.75, 3.05) is 30.4 Å². The van der Waals surface area contributed by atoms with Gasteiger partial charge in [-0.3, -0.25) is 0 Å². The molecule has 0 bridgehead atoms. The third-order valence-corrected chi connectivity index (χ3v) is 3.85. The van der Waals surface area contributed by atoms with Gasteiger partial charge in [-0.05, 0) is 35.2 Å². The second kappa shape index (κ2) is 5.67. The van der Waals surface area contributed by atoms with Crippen molar-refractivity contribution in [3.8, 4) is 0 Å². The van der Waals surface area contributed by atoms with Gasteiger partial charge in [0.15, 0.2) is 0 Å². The van der Waals surface area contributed by atoms with Crippen molar-refractivity contribution in [3.05, 3.63) is 10.2 Å². The molecule has 2 heterocycles. The van der Waals surface area contributed by atoms with Crippen LogP contribution in [-0.4, -0.2) is 30.1 Å². The molecule has 1 aromatic heterocycles. The third kappa shape index (κ3) is 2.70. The summed E-state index contributed by atoms with van der Waals surface area (Å²) in [6, 6.07) is 0. The average Bonchev–Trinajstić information content (AvgIpc) is 2.85. The highest BCUT2D eigenvalue weighted by atomic mass is 79.9. The van der Waals surface area contributed by atoms with Gasteiger partial charge < -0.3 is 10.2 Å². The van der Waals surface area contributed by atoms with Crippen molar-refractivity contribution < 1.29 is 0 Å². The molecule has 0 aromatic carbocycles. The zero-order valence-electron chi connectivity index (χ0n) is 10.5. The maximum Gasteiger partial charge on any atom is 0.227 e. The van der Waals surface area contributed by atoms with E-state index in [2.05, 4.69) is 43.0 Å². The highest BCUT2D eigenvalue weighted by Gasteiger charge is 2.18. The summed E-state index contributed by atoms with van der Waals surface area (Å²) < 4.78 is 1.00. The van der Waals surface area contributed by atoms with Crippen LogP contribution < -0.4 is 10.2 Å². The van der Waals surface area contributed by atoms with Crippen LogP contribution in [0.15, 0.2) is 4.47 Å². The molecule has 4 nitrogen and oxygen atoms in total. The molecule has 5 heteroatoms. The van der Waals surface area contributed by atoms with Gasteiger partial charge in [0.05, 0.1) is 10.2 Å². The largest absolute Gasteiger partial charge is 0.372 e. The number of halogens is 1. The van der Waals surface area contributed by atoms with Gasteiger partial charge in [0, 0.05) is 20.1 Å². The first kappa shape index (κ1) is 12.6. The monoisotopic (exact) mass is 298 g/mol. The molecular weight excluding hydrogens is 280 g/mol. The predicted molar refractivity (Wildman–Crippen MR) is 74.7 cm³/mol. The standard InChI is InChI=1S/C12H19BrN4/c1-3-6-9-10(13)11(14-2)16-12(15-9)17-7-4-5-8-17/h3-8H2,1-2H3,(H,14,15,16). The number of aryl methyl sites for hydroxylation is 1. The minimum absolute atomic E-state index is 0.874. The van der Waals surface area contributed by atoms with E-state index >= 15 is 0 Å². The van der Waals surface area contributed by atoms with Crippen molar-refractivity contribution in [3.63, 3.8) is 0 Å². The lowest BCUT2D eigenvalue weighted by atomic mass is 10.2. The third-order valence-electron chi connectivity index (χ3n) is 3.02. The first-order valence-corrected chi connectivity index (χ1v) is 7.04. The molecule has 0 unspecified atom stereocenters. The molecule has 0 spiro atoms. The Kier molecular flexibility index (Phi) is 4.20.